The summed E-state index contributed by atoms with van der Waals surface area (Å²) in [6.07, 6.45) is 0. The van der Waals surface area contributed by atoms with Crippen LogP contribution in [-0.2, 0) is 0 Å². The molecule has 3 aromatic rings. The van der Waals surface area contributed by atoms with Crippen LogP contribution in [-0.4, -0.2) is 26.2 Å². The molecular weight excluding hydrogens is 319 g/mol. The molecule has 0 radical (unpaired) electrons. The number of halogens is 1. The minimum absolute atomic E-state index is 0.116. The van der Waals surface area contributed by atoms with E-state index in [4.69, 9.17) is 4.42 Å². The van der Waals surface area contributed by atoms with E-state index in [1.165, 1.54) is 18.2 Å². The molecule has 0 atom stereocenters. The van der Waals surface area contributed by atoms with Crippen LogP contribution in [0.3, 0.4) is 0 Å². The first kappa shape index (κ1) is 15.8. The van der Waals surface area contributed by atoms with E-state index in [0.29, 0.717) is 22.3 Å². The number of hydrogen-bond donors (Lipinski definition) is 1. The van der Waals surface area contributed by atoms with E-state index in [0.717, 1.165) is 37.4 Å². The van der Waals surface area contributed by atoms with Crippen molar-refractivity contribution in [3.05, 3.63) is 64.1 Å². The maximum absolute atomic E-state index is 13.7. The van der Waals surface area contributed by atoms with Crippen LogP contribution < -0.4 is 15.6 Å². The number of piperazine rings is 1. The molecule has 1 aliphatic rings. The minimum atomic E-state index is -0.341. The molecule has 2 aromatic carbocycles. The average Bonchev–Trinajstić information content (AvgIpc) is 2.61. The van der Waals surface area contributed by atoms with Crippen LogP contribution in [0.4, 0.5) is 10.1 Å². The summed E-state index contributed by atoms with van der Waals surface area (Å²) in [5.41, 5.74) is 2.78. The van der Waals surface area contributed by atoms with E-state index in [1.54, 1.807) is 0 Å². The molecule has 5 heteroatoms. The van der Waals surface area contributed by atoms with Crippen molar-refractivity contribution in [1.82, 2.24) is 5.32 Å². The second kappa shape index (κ2) is 6.33. The number of hydrogen-bond acceptors (Lipinski definition) is 4. The fourth-order valence-electron chi connectivity index (χ4n) is 3.28. The van der Waals surface area contributed by atoms with Gasteiger partial charge in [-0.05, 0) is 48.9 Å². The lowest BCUT2D eigenvalue weighted by atomic mass is 10.1. The molecule has 1 aliphatic heterocycles. The van der Waals surface area contributed by atoms with Crippen molar-refractivity contribution in [2.24, 2.45) is 0 Å². The van der Waals surface area contributed by atoms with E-state index in [9.17, 15) is 9.18 Å². The van der Waals surface area contributed by atoms with Gasteiger partial charge >= 0.3 is 0 Å². The summed E-state index contributed by atoms with van der Waals surface area (Å²) in [6.45, 7) is 5.51. The molecule has 1 fully saturated rings. The Morgan fingerprint density at radius 2 is 1.88 bits per heavy atom. The van der Waals surface area contributed by atoms with Gasteiger partial charge in [0.2, 0.25) is 0 Å². The van der Waals surface area contributed by atoms with Crippen LogP contribution in [0.25, 0.3) is 22.3 Å². The Balaban J connectivity index is 1.79. The summed E-state index contributed by atoms with van der Waals surface area (Å²) in [7, 11) is 0. The van der Waals surface area contributed by atoms with Crippen molar-refractivity contribution in [3.63, 3.8) is 0 Å². The van der Waals surface area contributed by atoms with Crippen LogP contribution in [0.5, 0.6) is 0 Å². The predicted molar refractivity (Wildman–Crippen MR) is 97.7 cm³/mol. The number of aryl methyl sites for hydroxylation is 1. The summed E-state index contributed by atoms with van der Waals surface area (Å²) >= 11 is 0. The first-order valence-electron chi connectivity index (χ1n) is 8.41. The highest BCUT2D eigenvalue weighted by Gasteiger charge is 2.13. The van der Waals surface area contributed by atoms with Gasteiger partial charge < -0.3 is 14.6 Å². The highest BCUT2D eigenvalue weighted by atomic mass is 19.1. The SMILES string of the molecule is Cc1cc(F)cc(-c2cc(=O)c3cc(N4CCNCC4)ccc3o2)c1. The van der Waals surface area contributed by atoms with E-state index in [-0.39, 0.29) is 11.2 Å². The van der Waals surface area contributed by atoms with Crippen LogP contribution in [0.15, 0.2) is 51.7 Å². The lowest BCUT2D eigenvalue weighted by molar-refractivity contribution is 0.589. The van der Waals surface area contributed by atoms with Crippen molar-refractivity contribution in [2.45, 2.75) is 6.92 Å². The number of rotatable bonds is 2. The van der Waals surface area contributed by atoms with Crippen molar-refractivity contribution < 1.29 is 8.81 Å². The molecule has 0 bridgehead atoms. The van der Waals surface area contributed by atoms with Gasteiger partial charge in [0.15, 0.2) is 5.43 Å². The zero-order valence-corrected chi connectivity index (χ0v) is 14.0. The normalized spacial score (nSPS) is 14.9. The molecule has 4 nitrogen and oxygen atoms in total. The summed E-state index contributed by atoms with van der Waals surface area (Å²) < 4.78 is 19.5. The number of benzene rings is 2. The fraction of sp³-hybridized carbons (Fsp3) is 0.250. The third kappa shape index (κ3) is 3.15. The summed E-state index contributed by atoms with van der Waals surface area (Å²) in [4.78, 5) is 14.8. The second-order valence-electron chi connectivity index (χ2n) is 6.41. The van der Waals surface area contributed by atoms with Crippen molar-refractivity contribution in [3.8, 4) is 11.3 Å². The molecule has 1 N–H and O–H groups in total. The maximum Gasteiger partial charge on any atom is 0.193 e. The topological polar surface area (TPSA) is 45.5 Å². The number of fused-ring (bicyclic) bond motifs is 1. The molecule has 4 rings (SSSR count). The zero-order valence-electron chi connectivity index (χ0n) is 14.0. The van der Waals surface area contributed by atoms with Crippen molar-refractivity contribution in [1.29, 1.82) is 0 Å². The van der Waals surface area contributed by atoms with E-state index in [1.807, 2.05) is 31.2 Å². The Hall–Kier alpha value is -2.66. The number of nitrogens with zero attached hydrogens (tertiary/aromatic N) is 1. The summed E-state index contributed by atoms with van der Waals surface area (Å²) in [5, 5.41) is 3.86. The molecule has 0 spiro atoms. The molecule has 1 aromatic heterocycles. The Morgan fingerprint density at radius 3 is 2.64 bits per heavy atom. The average molecular weight is 338 g/mol. The van der Waals surface area contributed by atoms with E-state index >= 15 is 0 Å². The lowest BCUT2D eigenvalue weighted by Crippen LogP contribution is -2.43. The van der Waals surface area contributed by atoms with E-state index < -0.39 is 0 Å². The zero-order chi connectivity index (χ0) is 17.4. The molecule has 0 unspecified atom stereocenters. The van der Waals surface area contributed by atoms with Crippen molar-refractivity contribution in [2.75, 3.05) is 31.1 Å². The van der Waals surface area contributed by atoms with Gasteiger partial charge in [-0.3, -0.25) is 4.79 Å². The van der Waals surface area contributed by atoms with Gasteiger partial charge in [0.1, 0.15) is 17.2 Å². The number of anilines is 1. The smallest absolute Gasteiger partial charge is 0.193 e. The van der Waals surface area contributed by atoms with Gasteiger partial charge in [0.25, 0.3) is 0 Å². The molecule has 1 saturated heterocycles. The molecular formula is C20H19FN2O2. The van der Waals surface area contributed by atoms with Gasteiger partial charge in [0.05, 0.1) is 5.39 Å². The Bertz CT molecular complexity index is 970. The van der Waals surface area contributed by atoms with Gasteiger partial charge in [-0.25, -0.2) is 4.39 Å². The first-order chi connectivity index (χ1) is 12.1. The molecule has 25 heavy (non-hydrogen) atoms. The van der Waals surface area contributed by atoms with E-state index in [2.05, 4.69) is 10.2 Å². The van der Waals surface area contributed by atoms with Gasteiger partial charge in [0, 0.05) is 43.5 Å². The van der Waals surface area contributed by atoms with Gasteiger partial charge in [-0.2, -0.15) is 0 Å². The quantitative estimate of drug-likeness (QED) is 0.779. The first-order valence-corrected chi connectivity index (χ1v) is 8.41. The van der Waals surface area contributed by atoms with Crippen LogP contribution in [0.1, 0.15) is 5.56 Å². The summed E-state index contributed by atoms with van der Waals surface area (Å²) in [5.74, 6) is 0.0434. The third-order valence-electron chi connectivity index (χ3n) is 4.52. The highest BCUT2D eigenvalue weighted by Crippen LogP contribution is 2.26. The Labute approximate surface area is 144 Å². The fourth-order valence-corrected chi connectivity index (χ4v) is 3.28. The second-order valence-corrected chi connectivity index (χ2v) is 6.41. The van der Waals surface area contributed by atoms with Gasteiger partial charge in [-0.15, -0.1) is 0 Å². The van der Waals surface area contributed by atoms with Crippen LogP contribution in [0.2, 0.25) is 0 Å². The van der Waals surface area contributed by atoms with Crippen LogP contribution in [0, 0.1) is 12.7 Å². The standard InChI is InChI=1S/C20H19FN2O2/c1-13-8-14(10-15(21)9-13)20-12-18(24)17-11-16(2-3-19(17)25-20)23-6-4-22-5-7-23/h2-3,8-12,22H,4-7H2,1H3. The largest absolute Gasteiger partial charge is 0.456 e. The molecule has 0 amide bonds. The van der Waals surface area contributed by atoms with Crippen LogP contribution >= 0.6 is 0 Å². The van der Waals surface area contributed by atoms with Gasteiger partial charge in [-0.1, -0.05) is 0 Å². The number of nitrogens with one attached hydrogen (secondary N) is 1. The highest BCUT2D eigenvalue weighted by molar-refractivity contribution is 5.82. The molecule has 0 saturated carbocycles. The Kier molecular flexibility index (Phi) is 4.01. The molecule has 128 valence electrons. The summed E-state index contributed by atoms with van der Waals surface area (Å²) in [6, 6.07) is 11.8. The lowest BCUT2D eigenvalue weighted by Gasteiger charge is -2.29. The minimum Gasteiger partial charge on any atom is -0.456 e. The monoisotopic (exact) mass is 338 g/mol. The molecule has 0 aliphatic carbocycles. The Morgan fingerprint density at radius 1 is 1.08 bits per heavy atom. The third-order valence-corrected chi connectivity index (χ3v) is 4.52. The molecule has 2 heterocycles. The maximum atomic E-state index is 13.7. The predicted octanol–water partition coefficient (Wildman–Crippen LogP) is 3.32. The van der Waals surface area contributed by atoms with Crippen molar-refractivity contribution >= 4 is 16.7 Å².